The van der Waals surface area contributed by atoms with E-state index in [1.54, 1.807) is 18.4 Å². The summed E-state index contributed by atoms with van der Waals surface area (Å²) >= 11 is 0. The predicted octanol–water partition coefficient (Wildman–Crippen LogP) is 3.93. The van der Waals surface area contributed by atoms with Gasteiger partial charge < -0.3 is 20.2 Å². The van der Waals surface area contributed by atoms with Crippen molar-refractivity contribution in [3.05, 3.63) is 54.0 Å². The van der Waals surface area contributed by atoms with E-state index in [1.165, 1.54) is 19.3 Å². The lowest BCUT2D eigenvalue weighted by Crippen LogP contribution is -2.40. The van der Waals surface area contributed by atoms with Gasteiger partial charge in [-0.25, -0.2) is 0 Å². The first-order chi connectivity index (χ1) is 13.8. The maximum absolute atomic E-state index is 9.60. The van der Waals surface area contributed by atoms with Gasteiger partial charge in [-0.15, -0.1) is 24.0 Å². The fourth-order valence-corrected chi connectivity index (χ4v) is 3.65. The number of guanidine groups is 1. The number of halogens is 1. The van der Waals surface area contributed by atoms with Crippen molar-refractivity contribution >= 4 is 29.9 Å². The lowest BCUT2D eigenvalue weighted by atomic mass is 10.1. The first-order valence-corrected chi connectivity index (χ1v) is 10.3. The molecule has 2 aromatic rings. The van der Waals surface area contributed by atoms with Crippen LogP contribution in [0, 0.1) is 0 Å². The molecular formula is C22H33IN4O2. The van der Waals surface area contributed by atoms with Crippen molar-refractivity contribution in [1.82, 2.24) is 15.5 Å². The van der Waals surface area contributed by atoms with E-state index < -0.39 is 0 Å². The number of hydrogen-bond acceptors (Lipinski definition) is 4. The third-order valence-corrected chi connectivity index (χ3v) is 5.09. The zero-order valence-electron chi connectivity index (χ0n) is 17.1. The van der Waals surface area contributed by atoms with Gasteiger partial charge in [0, 0.05) is 13.1 Å². The summed E-state index contributed by atoms with van der Waals surface area (Å²) in [7, 11) is 0. The van der Waals surface area contributed by atoms with Crippen molar-refractivity contribution in [3.8, 4) is 5.75 Å². The highest BCUT2D eigenvalue weighted by atomic mass is 127. The molecule has 0 bridgehead atoms. The van der Waals surface area contributed by atoms with E-state index in [2.05, 4.69) is 28.5 Å². The topological polar surface area (TPSA) is 73.0 Å². The number of phenolic OH excluding ortho intramolecular Hbond substituents is 1. The molecule has 2 heterocycles. The summed E-state index contributed by atoms with van der Waals surface area (Å²) in [6.07, 6.45) is 6.36. The summed E-state index contributed by atoms with van der Waals surface area (Å²) in [4.78, 5) is 7.33. The molecule has 0 aliphatic carbocycles. The molecule has 29 heavy (non-hydrogen) atoms. The van der Waals surface area contributed by atoms with Gasteiger partial charge in [-0.1, -0.05) is 18.6 Å². The number of likely N-dealkylation sites (tertiary alicyclic amines) is 1. The second-order valence-corrected chi connectivity index (χ2v) is 7.19. The third-order valence-electron chi connectivity index (χ3n) is 5.09. The van der Waals surface area contributed by atoms with E-state index in [4.69, 9.17) is 9.41 Å². The van der Waals surface area contributed by atoms with Gasteiger partial charge in [-0.2, -0.15) is 0 Å². The van der Waals surface area contributed by atoms with Gasteiger partial charge in [-0.3, -0.25) is 9.89 Å². The lowest BCUT2D eigenvalue weighted by Gasteiger charge is -2.32. The summed E-state index contributed by atoms with van der Waals surface area (Å²) in [5.41, 5.74) is 1.10. The monoisotopic (exact) mass is 512 g/mol. The first kappa shape index (κ1) is 23.5. The fourth-order valence-electron chi connectivity index (χ4n) is 3.65. The zero-order valence-corrected chi connectivity index (χ0v) is 19.5. The van der Waals surface area contributed by atoms with Crippen LogP contribution in [0.25, 0.3) is 0 Å². The van der Waals surface area contributed by atoms with Gasteiger partial charge in [0.25, 0.3) is 0 Å². The highest BCUT2D eigenvalue weighted by Gasteiger charge is 2.24. The Kier molecular flexibility index (Phi) is 10.3. The number of phenols is 1. The number of rotatable bonds is 8. The minimum Gasteiger partial charge on any atom is -0.508 e. The molecule has 1 atom stereocenters. The Bertz CT molecular complexity index is 730. The second kappa shape index (κ2) is 12.7. The molecular weight excluding hydrogens is 479 g/mol. The summed E-state index contributed by atoms with van der Waals surface area (Å²) in [6, 6.07) is 11.6. The normalized spacial score (nSPS) is 16.1. The zero-order chi connectivity index (χ0) is 19.6. The molecule has 0 amide bonds. The SMILES string of the molecule is CCNC(=NCC(c1ccco1)N1CCCCC1)NCCc1cccc(O)c1.I. The van der Waals surface area contributed by atoms with Crippen molar-refractivity contribution in [2.45, 2.75) is 38.6 Å². The molecule has 1 aromatic carbocycles. The van der Waals surface area contributed by atoms with Crippen molar-refractivity contribution in [2.75, 3.05) is 32.7 Å². The maximum atomic E-state index is 9.60. The number of furan rings is 1. The smallest absolute Gasteiger partial charge is 0.191 e. The molecule has 3 N–H and O–H groups in total. The number of piperidine rings is 1. The molecule has 160 valence electrons. The Morgan fingerprint density at radius 2 is 2.00 bits per heavy atom. The minimum absolute atomic E-state index is 0. The van der Waals surface area contributed by atoms with Crippen molar-refractivity contribution < 1.29 is 9.52 Å². The van der Waals surface area contributed by atoms with Crippen LogP contribution in [0.4, 0.5) is 0 Å². The van der Waals surface area contributed by atoms with Gasteiger partial charge in [0.2, 0.25) is 0 Å². The average molecular weight is 512 g/mol. The maximum Gasteiger partial charge on any atom is 0.191 e. The van der Waals surface area contributed by atoms with Gasteiger partial charge in [0.05, 0.1) is 18.8 Å². The number of aromatic hydroxyl groups is 1. The number of nitrogens with one attached hydrogen (secondary N) is 2. The summed E-state index contributed by atoms with van der Waals surface area (Å²) in [5, 5.41) is 16.3. The van der Waals surface area contributed by atoms with E-state index >= 15 is 0 Å². The van der Waals surface area contributed by atoms with Crippen LogP contribution in [-0.2, 0) is 6.42 Å². The van der Waals surface area contributed by atoms with Gasteiger partial charge in [0.1, 0.15) is 11.5 Å². The Morgan fingerprint density at radius 3 is 2.69 bits per heavy atom. The summed E-state index contributed by atoms with van der Waals surface area (Å²) < 4.78 is 5.72. The largest absolute Gasteiger partial charge is 0.508 e. The van der Waals surface area contributed by atoms with Crippen LogP contribution in [0.5, 0.6) is 5.75 Å². The number of nitrogens with zero attached hydrogens (tertiary/aromatic N) is 2. The number of hydrogen-bond donors (Lipinski definition) is 3. The molecule has 1 aliphatic heterocycles. The Hall–Kier alpha value is -1.74. The third kappa shape index (κ3) is 7.54. The van der Waals surface area contributed by atoms with Crippen LogP contribution in [0.3, 0.4) is 0 Å². The Labute approximate surface area is 190 Å². The van der Waals surface area contributed by atoms with E-state index in [0.29, 0.717) is 12.3 Å². The van der Waals surface area contributed by atoms with E-state index in [9.17, 15) is 5.11 Å². The first-order valence-electron chi connectivity index (χ1n) is 10.3. The van der Waals surface area contributed by atoms with Crippen LogP contribution in [-0.4, -0.2) is 48.7 Å². The molecule has 0 spiro atoms. The molecule has 1 unspecified atom stereocenters. The average Bonchev–Trinajstić information content (AvgIpc) is 3.23. The van der Waals surface area contributed by atoms with Crippen molar-refractivity contribution in [2.24, 2.45) is 4.99 Å². The number of benzene rings is 1. The highest BCUT2D eigenvalue weighted by Crippen LogP contribution is 2.25. The molecule has 1 aliphatic rings. The fraction of sp³-hybridized carbons (Fsp3) is 0.500. The lowest BCUT2D eigenvalue weighted by molar-refractivity contribution is 0.150. The molecule has 7 heteroatoms. The predicted molar refractivity (Wildman–Crippen MR) is 128 cm³/mol. The molecule has 0 saturated carbocycles. The van der Waals surface area contributed by atoms with Crippen LogP contribution >= 0.6 is 24.0 Å². The van der Waals surface area contributed by atoms with Crippen LogP contribution in [0.15, 0.2) is 52.1 Å². The molecule has 6 nitrogen and oxygen atoms in total. The standard InChI is InChI=1S/C22H32N4O2.HI/c1-2-23-22(24-12-11-18-8-6-9-19(27)16-18)25-17-20(21-10-7-15-28-21)26-13-4-3-5-14-26;/h6-10,15-16,20,27H,2-5,11-14,17H2,1H3,(H2,23,24,25);1H. The molecule has 1 aromatic heterocycles. The molecule has 1 fully saturated rings. The summed E-state index contributed by atoms with van der Waals surface area (Å²) in [5.74, 6) is 2.11. The van der Waals surface area contributed by atoms with E-state index in [0.717, 1.165) is 49.9 Å². The highest BCUT2D eigenvalue weighted by molar-refractivity contribution is 14.0. The van der Waals surface area contributed by atoms with Crippen LogP contribution in [0.1, 0.15) is 43.6 Å². The van der Waals surface area contributed by atoms with E-state index in [-0.39, 0.29) is 30.0 Å². The quantitative estimate of drug-likeness (QED) is 0.284. The summed E-state index contributed by atoms with van der Waals surface area (Å²) in [6.45, 7) is 6.50. The number of aliphatic imine (C=N–C) groups is 1. The molecule has 0 radical (unpaired) electrons. The van der Waals surface area contributed by atoms with E-state index in [1.807, 2.05) is 18.2 Å². The van der Waals surface area contributed by atoms with Crippen LogP contribution < -0.4 is 10.6 Å². The van der Waals surface area contributed by atoms with Crippen molar-refractivity contribution in [3.63, 3.8) is 0 Å². The Morgan fingerprint density at radius 1 is 1.17 bits per heavy atom. The Balaban J connectivity index is 0.00000300. The molecule has 3 rings (SSSR count). The minimum atomic E-state index is 0. The van der Waals surface area contributed by atoms with Crippen molar-refractivity contribution in [1.29, 1.82) is 0 Å². The second-order valence-electron chi connectivity index (χ2n) is 7.19. The van der Waals surface area contributed by atoms with Gasteiger partial charge in [-0.05, 0) is 69.1 Å². The van der Waals surface area contributed by atoms with Gasteiger partial charge in [0.15, 0.2) is 5.96 Å². The van der Waals surface area contributed by atoms with Gasteiger partial charge >= 0.3 is 0 Å². The molecule has 1 saturated heterocycles. The van der Waals surface area contributed by atoms with Crippen LogP contribution in [0.2, 0.25) is 0 Å².